The molecule has 0 aromatic carbocycles. The van der Waals surface area contributed by atoms with E-state index in [1.807, 2.05) is 11.3 Å². The molecule has 0 aliphatic carbocycles. The number of nitrogens with zero attached hydrogens (tertiary/aromatic N) is 4. The molecular weight excluding hydrogens is 154 g/mol. The van der Waals surface area contributed by atoms with E-state index in [9.17, 15) is 0 Å². The quantitative estimate of drug-likeness (QED) is 0.649. The van der Waals surface area contributed by atoms with Crippen LogP contribution in [-0.2, 0) is 0 Å². The first kappa shape index (κ1) is 7.17. The highest BCUT2D eigenvalue weighted by atomic mass is 15.3. The average Bonchev–Trinajstić information content (AvgIpc) is 2.47. The van der Waals surface area contributed by atoms with Gasteiger partial charge in [-0.3, -0.25) is 9.38 Å². The van der Waals surface area contributed by atoms with E-state index in [1.54, 1.807) is 18.6 Å². The van der Waals surface area contributed by atoms with Crippen LogP contribution in [0.3, 0.4) is 0 Å². The molecule has 5 heteroatoms. The molecule has 0 aliphatic rings. The maximum absolute atomic E-state index is 5.68. The van der Waals surface area contributed by atoms with Crippen molar-refractivity contribution in [3.63, 3.8) is 0 Å². The van der Waals surface area contributed by atoms with Crippen molar-refractivity contribution in [2.75, 3.05) is 0 Å². The number of fused-ring (bicyclic) bond motifs is 1. The molecule has 0 amide bonds. The van der Waals surface area contributed by atoms with Gasteiger partial charge in [0.1, 0.15) is 0 Å². The van der Waals surface area contributed by atoms with Gasteiger partial charge in [0.05, 0.1) is 12.2 Å². The summed E-state index contributed by atoms with van der Waals surface area (Å²) in [6.45, 7) is 1.87. The third kappa shape index (κ3) is 0.947. The predicted molar refractivity (Wildman–Crippen MR) is 43.4 cm³/mol. The second-order valence-electron chi connectivity index (χ2n) is 2.65. The standard InChI is InChI=1S/C7H9N5/c1-5(8)7-11-10-6-4-9-2-3-12(6)7/h2-5H,8H2,1H3/t5-/m0/s1. The molecule has 2 N–H and O–H groups in total. The predicted octanol–water partition coefficient (Wildman–Crippen LogP) is 0.144. The summed E-state index contributed by atoms with van der Waals surface area (Å²) in [5.41, 5.74) is 6.41. The summed E-state index contributed by atoms with van der Waals surface area (Å²) in [5, 5.41) is 7.85. The zero-order valence-electron chi connectivity index (χ0n) is 6.68. The lowest BCUT2D eigenvalue weighted by Gasteiger charge is -2.00. The van der Waals surface area contributed by atoms with Gasteiger partial charge in [-0.25, -0.2) is 0 Å². The lowest BCUT2D eigenvalue weighted by Crippen LogP contribution is -2.09. The maximum atomic E-state index is 5.68. The summed E-state index contributed by atoms with van der Waals surface area (Å²) >= 11 is 0. The molecule has 0 radical (unpaired) electrons. The monoisotopic (exact) mass is 163 g/mol. The molecule has 12 heavy (non-hydrogen) atoms. The highest BCUT2D eigenvalue weighted by Gasteiger charge is 2.07. The van der Waals surface area contributed by atoms with Gasteiger partial charge in [0.2, 0.25) is 0 Å². The van der Waals surface area contributed by atoms with Gasteiger partial charge >= 0.3 is 0 Å². The SMILES string of the molecule is C[C@H](N)c1nnc2cnccn12. The molecule has 0 saturated heterocycles. The molecule has 2 aromatic rings. The van der Waals surface area contributed by atoms with Gasteiger partial charge in [-0.1, -0.05) is 0 Å². The number of aromatic nitrogens is 4. The highest BCUT2D eigenvalue weighted by Crippen LogP contribution is 2.07. The number of hydrogen-bond donors (Lipinski definition) is 1. The van der Waals surface area contributed by atoms with Crippen LogP contribution >= 0.6 is 0 Å². The van der Waals surface area contributed by atoms with Gasteiger partial charge in [0, 0.05) is 12.4 Å². The van der Waals surface area contributed by atoms with Crippen molar-refractivity contribution in [1.29, 1.82) is 0 Å². The molecule has 2 rings (SSSR count). The fraction of sp³-hybridized carbons (Fsp3) is 0.286. The van der Waals surface area contributed by atoms with Gasteiger partial charge in [0.15, 0.2) is 11.5 Å². The fourth-order valence-corrected chi connectivity index (χ4v) is 1.08. The summed E-state index contributed by atoms with van der Waals surface area (Å²) < 4.78 is 1.83. The Morgan fingerprint density at radius 3 is 3.08 bits per heavy atom. The number of nitrogens with two attached hydrogens (primary N) is 1. The summed E-state index contributed by atoms with van der Waals surface area (Å²) in [5.74, 6) is 0.757. The van der Waals surface area contributed by atoms with E-state index < -0.39 is 0 Å². The molecule has 0 unspecified atom stereocenters. The average molecular weight is 163 g/mol. The highest BCUT2D eigenvalue weighted by molar-refractivity contribution is 5.34. The Morgan fingerprint density at radius 2 is 2.33 bits per heavy atom. The number of hydrogen-bond acceptors (Lipinski definition) is 4. The molecule has 2 aromatic heterocycles. The largest absolute Gasteiger partial charge is 0.322 e. The van der Waals surface area contributed by atoms with Crippen molar-refractivity contribution in [1.82, 2.24) is 19.6 Å². The van der Waals surface area contributed by atoms with Crippen molar-refractivity contribution in [2.24, 2.45) is 5.73 Å². The van der Waals surface area contributed by atoms with E-state index in [1.165, 1.54) is 0 Å². The minimum absolute atomic E-state index is 0.109. The summed E-state index contributed by atoms with van der Waals surface area (Å²) in [6.07, 6.45) is 5.13. The van der Waals surface area contributed by atoms with Gasteiger partial charge in [-0.15, -0.1) is 10.2 Å². The zero-order chi connectivity index (χ0) is 8.55. The summed E-state index contributed by atoms with van der Waals surface area (Å²) in [7, 11) is 0. The van der Waals surface area contributed by atoms with Crippen LogP contribution in [0.4, 0.5) is 0 Å². The Bertz CT molecular complexity index is 391. The maximum Gasteiger partial charge on any atom is 0.179 e. The Hall–Kier alpha value is -1.49. The first-order chi connectivity index (χ1) is 5.79. The first-order valence-electron chi connectivity index (χ1n) is 3.69. The second kappa shape index (κ2) is 2.53. The van der Waals surface area contributed by atoms with Crippen molar-refractivity contribution in [2.45, 2.75) is 13.0 Å². The number of rotatable bonds is 1. The minimum atomic E-state index is -0.109. The van der Waals surface area contributed by atoms with Gasteiger partial charge in [0.25, 0.3) is 0 Å². The lowest BCUT2D eigenvalue weighted by molar-refractivity contribution is 0.726. The van der Waals surface area contributed by atoms with Crippen LogP contribution in [0.15, 0.2) is 18.6 Å². The second-order valence-corrected chi connectivity index (χ2v) is 2.65. The molecule has 5 nitrogen and oxygen atoms in total. The summed E-state index contributed by atoms with van der Waals surface area (Å²) in [4.78, 5) is 3.92. The first-order valence-corrected chi connectivity index (χ1v) is 3.69. The van der Waals surface area contributed by atoms with Crippen LogP contribution in [0.25, 0.3) is 5.65 Å². The smallest absolute Gasteiger partial charge is 0.179 e. The van der Waals surface area contributed by atoms with Crippen LogP contribution in [0.5, 0.6) is 0 Å². The Balaban J connectivity index is 2.70. The van der Waals surface area contributed by atoms with E-state index >= 15 is 0 Å². The lowest BCUT2D eigenvalue weighted by atomic mass is 10.3. The molecule has 2 heterocycles. The normalized spacial score (nSPS) is 13.5. The molecule has 0 aliphatic heterocycles. The molecule has 0 spiro atoms. The van der Waals surface area contributed by atoms with E-state index in [4.69, 9.17) is 5.73 Å². The Morgan fingerprint density at radius 1 is 1.50 bits per heavy atom. The molecule has 0 saturated carbocycles. The molecule has 0 bridgehead atoms. The van der Waals surface area contributed by atoms with Crippen molar-refractivity contribution in [3.8, 4) is 0 Å². The molecule has 0 fully saturated rings. The van der Waals surface area contributed by atoms with E-state index in [-0.39, 0.29) is 6.04 Å². The van der Waals surface area contributed by atoms with E-state index in [0.29, 0.717) is 0 Å². The van der Waals surface area contributed by atoms with Gasteiger partial charge < -0.3 is 5.73 Å². The third-order valence-corrected chi connectivity index (χ3v) is 1.65. The Labute approximate surface area is 69.2 Å². The minimum Gasteiger partial charge on any atom is -0.322 e. The van der Waals surface area contributed by atoms with E-state index in [0.717, 1.165) is 11.5 Å². The molecule has 1 atom stereocenters. The van der Waals surface area contributed by atoms with Crippen LogP contribution in [-0.4, -0.2) is 19.6 Å². The third-order valence-electron chi connectivity index (χ3n) is 1.65. The topological polar surface area (TPSA) is 69.1 Å². The van der Waals surface area contributed by atoms with Crippen molar-refractivity contribution >= 4 is 5.65 Å². The zero-order valence-corrected chi connectivity index (χ0v) is 6.68. The van der Waals surface area contributed by atoms with Crippen molar-refractivity contribution < 1.29 is 0 Å². The van der Waals surface area contributed by atoms with Crippen LogP contribution in [0.1, 0.15) is 18.8 Å². The van der Waals surface area contributed by atoms with Gasteiger partial charge in [-0.2, -0.15) is 0 Å². The Kier molecular flexibility index (Phi) is 1.51. The van der Waals surface area contributed by atoms with Crippen LogP contribution in [0, 0.1) is 0 Å². The van der Waals surface area contributed by atoms with Crippen LogP contribution < -0.4 is 5.73 Å². The summed E-state index contributed by atoms with van der Waals surface area (Å²) in [6, 6.07) is -0.109. The van der Waals surface area contributed by atoms with Crippen molar-refractivity contribution in [3.05, 3.63) is 24.4 Å². The fourth-order valence-electron chi connectivity index (χ4n) is 1.08. The van der Waals surface area contributed by atoms with Crippen LogP contribution in [0.2, 0.25) is 0 Å². The molecule has 62 valence electrons. The van der Waals surface area contributed by atoms with E-state index in [2.05, 4.69) is 15.2 Å². The van der Waals surface area contributed by atoms with Gasteiger partial charge in [-0.05, 0) is 6.92 Å². The molecular formula is C7H9N5.